The van der Waals surface area contributed by atoms with Crippen molar-refractivity contribution >= 4 is 5.91 Å². The molecule has 68 valence electrons. The molecule has 2 N–H and O–H groups in total. The molecule has 1 atom stereocenters. The van der Waals surface area contributed by atoms with E-state index in [-0.39, 0.29) is 11.9 Å². The monoisotopic (exact) mass is 176 g/mol. The number of piperazine rings is 1. The first kappa shape index (κ1) is 8.26. The van der Waals surface area contributed by atoms with E-state index in [1.54, 1.807) is 0 Å². The fourth-order valence-electron chi connectivity index (χ4n) is 1.49. The van der Waals surface area contributed by atoms with Crippen molar-refractivity contribution in [2.45, 2.75) is 6.04 Å². The summed E-state index contributed by atoms with van der Waals surface area (Å²) >= 11 is 0. The molecule has 1 aromatic carbocycles. The van der Waals surface area contributed by atoms with E-state index < -0.39 is 0 Å². The SMILES string of the molecule is O=C1CN[C@H](c2ccccc2)CN1. The molecule has 0 spiro atoms. The first-order chi connectivity index (χ1) is 6.36. The van der Waals surface area contributed by atoms with Crippen molar-refractivity contribution in [1.29, 1.82) is 0 Å². The number of nitrogens with one attached hydrogen (secondary N) is 2. The molecule has 1 aliphatic heterocycles. The summed E-state index contributed by atoms with van der Waals surface area (Å²) in [5.74, 6) is 0.0761. The third kappa shape index (κ3) is 1.87. The summed E-state index contributed by atoms with van der Waals surface area (Å²) in [6.07, 6.45) is 0. The Hall–Kier alpha value is -1.35. The summed E-state index contributed by atoms with van der Waals surface area (Å²) in [5, 5.41) is 6.00. The van der Waals surface area contributed by atoms with Gasteiger partial charge in [-0.15, -0.1) is 0 Å². The predicted molar refractivity (Wildman–Crippen MR) is 50.2 cm³/mol. The van der Waals surface area contributed by atoms with Gasteiger partial charge in [0.1, 0.15) is 0 Å². The van der Waals surface area contributed by atoms with Crippen molar-refractivity contribution in [1.82, 2.24) is 10.6 Å². The van der Waals surface area contributed by atoms with Gasteiger partial charge in [-0.25, -0.2) is 0 Å². The van der Waals surface area contributed by atoms with E-state index in [1.165, 1.54) is 5.56 Å². The number of benzene rings is 1. The van der Waals surface area contributed by atoms with Crippen molar-refractivity contribution < 1.29 is 4.79 Å². The van der Waals surface area contributed by atoms with Gasteiger partial charge < -0.3 is 5.32 Å². The molecule has 3 nitrogen and oxygen atoms in total. The highest BCUT2D eigenvalue weighted by molar-refractivity contribution is 5.78. The number of rotatable bonds is 1. The van der Waals surface area contributed by atoms with Gasteiger partial charge in [-0.1, -0.05) is 30.3 Å². The Balaban J connectivity index is 2.07. The molecule has 1 heterocycles. The van der Waals surface area contributed by atoms with Crippen LogP contribution >= 0.6 is 0 Å². The minimum absolute atomic E-state index is 0.0761. The molecule has 0 unspecified atom stereocenters. The Labute approximate surface area is 77.1 Å². The van der Waals surface area contributed by atoms with Crippen LogP contribution in [0.15, 0.2) is 30.3 Å². The van der Waals surface area contributed by atoms with Gasteiger partial charge in [0.15, 0.2) is 0 Å². The maximum Gasteiger partial charge on any atom is 0.234 e. The minimum atomic E-state index is 0.0761. The summed E-state index contributed by atoms with van der Waals surface area (Å²) in [7, 11) is 0. The second-order valence-corrected chi connectivity index (χ2v) is 3.15. The summed E-state index contributed by atoms with van der Waals surface area (Å²) in [6.45, 7) is 1.10. The number of hydrogen-bond acceptors (Lipinski definition) is 2. The lowest BCUT2D eigenvalue weighted by atomic mass is 10.1. The normalized spacial score (nSPS) is 22.5. The predicted octanol–water partition coefficient (Wildman–Crippen LogP) is 0.447. The molecule has 3 heteroatoms. The lowest BCUT2D eigenvalue weighted by molar-refractivity contribution is -0.121. The molecule has 1 saturated heterocycles. The molecule has 2 rings (SSSR count). The zero-order chi connectivity index (χ0) is 9.10. The average molecular weight is 176 g/mol. The Morgan fingerprint density at radius 3 is 2.62 bits per heavy atom. The number of carbonyl (C=O) groups excluding carboxylic acids is 1. The van der Waals surface area contributed by atoms with Crippen molar-refractivity contribution in [2.24, 2.45) is 0 Å². The minimum Gasteiger partial charge on any atom is -0.353 e. The summed E-state index contributed by atoms with van der Waals surface area (Å²) in [6, 6.07) is 10.4. The van der Waals surface area contributed by atoms with E-state index in [9.17, 15) is 4.79 Å². The van der Waals surface area contributed by atoms with Crippen LogP contribution in [0.3, 0.4) is 0 Å². The van der Waals surface area contributed by atoms with E-state index in [4.69, 9.17) is 0 Å². The molecule has 0 bridgehead atoms. The maximum absolute atomic E-state index is 10.9. The summed E-state index contributed by atoms with van der Waals surface area (Å²) in [5.41, 5.74) is 1.22. The van der Waals surface area contributed by atoms with Gasteiger partial charge in [0, 0.05) is 6.54 Å². The van der Waals surface area contributed by atoms with Crippen LogP contribution in [0.2, 0.25) is 0 Å². The lowest BCUT2D eigenvalue weighted by Crippen LogP contribution is -2.46. The molecule has 1 aromatic rings. The van der Waals surface area contributed by atoms with E-state index in [1.807, 2.05) is 18.2 Å². The quantitative estimate of drug-likeness (QED) is 0.652. The van der Waals surface area contributed by atoms with Gasteiger partial charge in [-0.05, 0) is 5.56 Å². The number of amides is 1. The van der Waals surface area contributed by atoms with Crippen LogP contribution in [0.5, 0.6) is 0 Å². The average Bonchev–Trinajstić information content (AvgIpc) is 2.20. The maximum atomic E-state index is 10.9. The fourth-order valence-corrected chi connectivity index (χ4v) is 1.49. The first-order valence-corrected chi connectivity index (χ1v) is 4.41. The molecule has 0 aromatic heterocycles. The van der Waals surface area contributed by atoms with Crippen molar-refractivity contribution in [3.05, 3.63) is 35.9 Å². The number of hydrogen-bond donors (Lipinski definition) is 2. The van der Waals surface area contributed by atoms with Crippen LogP contribution in [0.25, 0.3) is 0 Å². The Morgan fingerprint density at radius 2 is 2.00 bits per heavy atom. The molecule has 0 aliphatic carbocycles. The molecule has 1 amide bonds. The zero-order valence-corrected chi connectivity index (χ0v) is 7.29. The van der Waals surface area contributed by atoms with Crippen LogP contribution in [0, 0.1) is 0 Å². The third-order valence-electron chi connectivity index (χ3n) is 2.21. The van der Waals surface area contributed by atoms with E-state index >= 15 is 0 Å². The Bertz CT molecular complexity index is 287. The Morgan fingerprint density at radius 1 is 1.23 bits per heavy atom. The number of carbonyl (C=O) groups is 1. The van der Waals surface area contributed by atoms with Crippen molar-refractivity contribution in [3.8, 4) is 0 Å². The molecule has 1 aliphatic rings. The van der Waals surface area contributed by atoms with Crippen LogP contribution in [0.4, 0.5) is 0 Å². The van der Waals surface area contributed by atoms with Crippen LogP contribution in [-0.4, -0.2) is 19.0 Å². The van der Waals surface area contributed by atoms with Crippen LogP contribution in [0.1, 0.15) is 11.6 Å². The zero-order valence-electron chi connectivity index (χ0n) is 7.29. The van der Waals surface area contributed by atoms with Crippen LogP contribution in [-0.2, 0) is 4.79 Å². The van der Waals surface area contributed by atoms with Gasteiger partial charge in [-0.2, -0.15) is 0 Å². The molecule has 13 heavy (non-hydrogen) atoms. The van der Waals surface area contributed by atoms with Crippen molar-refractivity contribution in [2.75, 3.05) is 13.1 Å². The van der Waals surface area contributed by atoms with E-state index in [2.05, 4.69) is 22.8 Å². The lowest BCUT2D eigenvalue weighted by Gasteiger charge is -2.24. The van der Waals surface area contributed by atoms with Crippen molar-refractivity contribution in [3.63, 3.8) is 0 Å². The summed E-state index contributed by atoms with van der Waals surface area (Å²) in [4.78, 5) is 10.9. The van der Waals surface area contributed by atoms with Gasteiger partial charge in [0.05, 0.1) is 12.6 Å². The highest BCUT2D eigenvalue weighted by Gasteiger charge is 2.17. The van der Waals surface area contributed by atoms with Gasteiger partial charge >= 0.3 is 0 Å². The van der Waals surface area contributed by atoms with Gasteiger partial charge in [-0.3, -0.25) is 10.1 Å². The fraction of sp³-hybridized carbons (Fsp3) is 0.300. The molecule has 1 fully saturated rings. The van der Waals surface area contributed by atoms with Gasteiger partial charge in [0.2, 0.25) is 5.91 Å². The van der Waals surface area contributed by atoms with E-state index in [0.717, 1.165) is 0 Å². The molecular weight excluding hydrogens is 164 g/mol. The Kier molecular flexibility index (Phi) is 2.27. The second-order valence-electron chi connectivity index (χ2n) is 3.15. The highest BCUT2D eigenvalue weighted by Crippen LogP contribution is 2.12. The smallest absolute Gasteiger partial charge is 0.234 e. The highest BCUT2D eigenvalue weighted by atomic mass is 16.2. The molecule has 0 saturated carbocycles. The first-order valence-electron chi connectivity index (χ1n) is 4.41. The topological polar surface area (TPSA) is 41.1 Å². The third-order valence-corrected chi connectivity index (χ3v) is 2.21. The molecule has 0 radical (unpaired) electrons. The largest absolute Gasteiger partial charge is 0.353 e. The standard InChI is InChI=1S/C10H12N2O/c13-10-7-11-9(6-12-10)8-4-2-1-3-5-8/h1-5,9,11H,6-7H2,(H,12,13)/t9-/m0/s1. The van der Waals surface area contributed by atoms with Crippen LogP contribution < -0.4 is 10.6 Å². The van der Waals surface area contributed by atoms with Gasteiger partial charge in [0.25, 0.3) is 0 Å². The summed E-state index contributed by atoms with van der Waals surface area (Å²) < 4.78 is 0. The van der Waals surface area contributed by atoms with E-state index in [0.29, 0.717) is 13.1 Å². The molecular formula is C10H12N2O. The second kappa shape index (κ2) is 3.58.